The van der Waals surface area contributed by atoms with E-state index in [-0.39, 0.29) is 48.1 Å². The Morgan fingerprint density at radius 1 is 0.825 bits per heavy atom. The number of piperidine rings is 4. The molecule has 1 atom stereocenters. The van der Waals surface area contributed by atoms with Gasteiger partial charge in [0.05, 0.1) is 29.3 Å². The number of fused-ring (bicyclic) bond motifs is 1. The van der Waals surface area contributed by atoms with E-state index in [0.717, 1.165) is 82.1 Å². The zero-order valence-electron chi connectivity index (χ0n) is 36.2. The van der Waals surface area contributed by atoms with Gasteiger partial charge in [0, 0.05) is 64.0 Å². The van der Waals surface area contributed by atoms with Crippen LogP contribution < -0.4 is 11.1 Å². The summed E-state index contributed by atoms with van der Waals surface area (Å²) in [6.07, 6.45) is 3.02. The number of para-hydroxylation sites is 1. The lowest BCUT2D eigenvalue weighted by Gasteiger charge is -2.41. The monoisotopic (exact) mass is 901 g/mol. The summed E-state index contributed by atoms with van der Waals surface area (Å²) >= 11 is 6.17. The van der Waals surface area contributed by atoms with Crippen LogP contribution in [0.1, 0.15) is 87.3 Å². The Labute approximate surface area is 373 Å². The first-order valence-corrected chi connectivity index (χ1v) is 23.4. The van der Waals surface area contributed by atoms with Gasteiger partial charge in [-0.2, -0.15) is 13.2 Å². The minimum absolute atomic E-state index is 0.0716. The second-order valence-electron chi connectivity index (χ2n) is 17.9. The number of rotatable bonds is 13. The average molecular weight is 902 g/mol. The SMILES string of the molecule is Nc1c(Cl)cc(C[C@@H](OC(=O)N2CCC(N3CCc4ccccc4NC3=O)CC2)C(=O)N2CCC(C3CCN(CCC(=O)OCCCN4CCCCC4)CC3)CC2)cc1C(F)(F)F. The number of alkyl halides is 3. The molecular formula is C46H63ClF3N7O6. The van der Waals surface area contributed by atoms with Crippen molar-refractivity contribution in [2.24, 2.45) is 11.8 Å². The molecule has 5 aliphatic rings. The largest absolute Gasteiger partial charge is 0.466 e. The standard InChI is InChI=1S/C46H63ClF3N7O6/c47-38-30-32(29-37(42(38)51)46(48,49)50)31-40(63-45(61)56-25-14-36(15-26-56)57-27-13-35-7-2-3-8-39(35)52-44(57)60)43(59)55-23-11-34(12-24-55)33-9-20-54(21-10-33)22-16-41(58)62-28-6-19-53-17-4-1-5-18-53/h2-3,7-8,29-30,33-34,36,40H,1,4-6,9-28,31,51H2,(H,52,60)/t40-/m1/s1. The predicted octanol–water partition coefficient (Wildman–Crippen LogP) is 7.30. The molecule has 17 heteroatoms. The summed E-state index contributed by atoms with van der Waals surface area (Å²) in [5.41, 5.74) is 5.90. The molecule has 3 N–H and O–H groups in total. The summed E-state index contributed by atoms with van der Waals surface area (Å²) in [6, 6.07) is 9.54. The maximum atomic E-state index is 14.2. The highest BCUT2D eigenvalue weighted by molar-refractivity contribution is 6.33. The van der Waals surface area contributed by atoms with Crippen LogP contribution in [-0.2, 0) is 38.1 Å². The summed E-state index contributed by atoms with van der Waals surface area (Å²) in [6.45, 7) is 8.15. The Kier molecular flexibility index (Phi) is 16.0. The topological polar surface area (TPSA) is 141 Å². The molecule has 5 aliphatic heterocycles. The van der Waals surface area contributed by atoms with Gasteiger partial charge in [-0.15, -0.1) is 0 Å². The smallest absolute Gasteiger partial charge is 0.418 e. The number of halogens is 4. The van der Waals surface area contributed by atoms with Crippen molar-refractivity contribution < 1.29 is 41.8 Å². The third-order valence-electron chi connectivity index (χ3n) is 13.9. The highest BCUT2D eigenvalue weighted by atomic mass is 35.5. The number of nitrogens with two attached hydrogens (primary N) is 1. The first-order valence-electron chi connectivity index (χ1n) is 23.0. The van der Waals surface area contributed by atoms with Gasteiger partial charge in [-0.3, -0.25) is 9.59 Å². The second-order valence-corrected chi connectivity index (χ2v) is 18.3. The van der Waals surface area contributed by atoms with Gasteiger partial charge in [-0.25, -0.2) is 9.59 Å². The fourth-order valence-electron chi connectivity index (χ4n) is 10.1. The van der Waals surface area contributed by atoms with E-state index in [1.54, 1.807) is 4.90 Å². The first kappa shape index (κ1) is 46.7. The summed E-state index contributed by atoms with van der Waals surface area (Å²) in [4.78, 5) is 63.3. The number of hydrogen-bond acceptors (Lipinski definition) is 9. The molecular weight excluding hydrogens is 839 g/mol. The third kappa shape index (κ3) is 12.5. The van der Waals surface area contributed by atoms with Crippen molar-refractivity contribution in [3.63, 3.8) is 0 Å². The number of nitrogens with one attached hydrogen (secondary N) is 1. The molecule has 0 radical (unpaired) electrons. The lowest BCUT2D eigenvalue weighted by Crippen LogP contribution is -2.52. The molecule has 0 unspecified atom stereocenters. The third-order valence-corrected chi connectivity index (χ3v) is 14.2. The van der Waals surface area contributed by atoms with Gasteiger partial charge in [0.15, 0.2) is 6.10 Å². The normalized spacial score (nSPS) is 20.8. The maximum absolute atomic E-state index is 14.2. The van der Waals surface area contributed by atoms with E-state index in [0.29, 0.717) is 70.3 Å². The van der Waals surface area contributed by atoms with Crippen LogP contribution in [0.5, 0.6) is 0 Å². The molecule has 4 fully saturated rings. The molecule has 0 bridgehead atoms. The number of carbonyl (C=O) groups is 4. The van der Waals surface area contributed by atoms with E-state index in [1.807, 2.05) is 29.2 Å². The number of nitrogens with zero attached hydrogens (tertiary/aromatic N) is 5. The molecule has 2 aromatic rings. The minimum atomic E-state index is -4.78. The van der Waals surface area contributed by atoms with Gasteiger partial charge < -0.3 is 45.0 Å². The zero-order chi connectivity index (χ0) is 44.5. The summed E-state index contributed by atoms with van der Waals surface area (Å²) in [7, 11) is 0. The lowest BCUT2D eigenvalue weighted by molar-refractivity contribution is -0.144. The van der Waals surface area contributed by atoms with Crippen molar-refractivity contribution in [2.45, 2.75) is 102 Å². The zero-order valence-corrected chi connectivity index (χ0v) is 37.0. The minimum Gasteiger partial charge on any atom is -0.466 e. The Bertz CT molecular complexity index is 1890. The molecule has 346 valence electrons. The van der Waals surface area contributed by atoms with E-state index in [9.17, 15) is 32.3 Å². The van der Waals surface area contributed by atoms with Gasteiger partial charge in [-0.1, -0.05) is 36.2 Å². The number of urea groups is 1. The average Bonchev–Trinajstić information content (AvgIpc) is 3.46. The predicted molar refractivity (Wildman–Crippen MR) is 234 cm³/mol. The van der Waals surface area contributed by atoms with Crippen molar-refractivity contribution in [1.29, 1.82) is 0 Å². The molecule has 4 saturated heterocycles. The molecule has 13 nitrogen and oxygen atoms in total. The van der Waals surface area contributed by atoms with E-state index in [1.165, 1.54) is 30.2 Å². The summed E-state index contributed by atoms with van der Waals surface area (Å²) in [5.74, 6) is 0.263. The van der Waals surface area contributed by atoms with Crippen LogP contribution in [0.15, 0.2) is 36.4 Å². The number of esters is 1. The molecule has 0 saturated carbocycles. The molecule has 63 heavy (non-hydrogen) atoms. The van der Waals surface area contributed by atoms with Crippen LogP contribution in [0.25, 0.3) is 0 Å². The number of ether oxygens (including phenoxy) is 2. The molecule has 4 amide bonds. The number of amides is 4. The van der Waals surface area contributed by atoms with Crippen molar-refractivity contribution in [3.8, 4) is 0 Å². The fraction of sp³-hybridized carbons (Fsp3) is 0.652. The number of nitrogen functional groups attached to an aromatic ring is 1. The van der Waals surface area contributed by atoms with Crippen LogP contribution in [0.2, 0.25) is 5.02 Å². The number of carbonyl (C=O) groups excluding carboxylic acids is 4. The van der Waals surface area contributed by atoms with Crippen molar-refractivity contribution in [3.05, 3.63) is 58.1 Å². The van der Waals surface area contributed by atoms with Crippen LogP contribution in [0, 0.1) is 11.8 Å². The number of benzene rings is 2. The molecule has 2 aromatic carbocycles. The van der Waals surface area contributed by atoms with Gasteiger partial charge in [0.25, 0.3) is 5.91 Å². The molecule has 0 aliphatic carbocycles. The Morgan fingerprint density at radius 3 is 2.17 bits per heavy atom. The summed E-state index contributed by atoms with van der Waals surface area (Å²) < 4.78 is 53.3. The Balaban J connectivity index is 0.899. The lowest BCUT2D eigenvalue weighted by atomic mass is 9.78. The summed E-state index contributed by atoms with van der Waals surface area (Å²) in [5, 5.41) is 2.70. The molecule has 0 spiro atoms. The van der Waals surface area contributed by atoms with E-state index < -0.39 is 35.5 Å². The van der Waals surface area contributed by atoms with Crippen LogP contribution >= 0.6 is 11.6 Å². The van der Waals surface area contributed by atoms with Crippen LogP contribution in [-0.4, -0.2) is 139 Å². The highest BCUT2D eigenvalue weighted by Gasteiger charge is 2.39. The molecule has 0 aromatic heterocycles. The van der Waals surface area contributed by atoms with Crippen LogP contribution in [0.4, 0.5) is 34.1 Å². The second kappa shape index (κ2) is 21.6. The van der Waals surface area contributed by atoms with E-state index >= 15 is 0 Å². The number of anilines is 2. The molecule has 5 heterocycles. The van der Waals surface area contributed by atoms with E-state index in [4.69, 9.17) is 26.8 Å². The number of hydrogen-bond donors (Lipinski definition) is 2. The van der Waals surface area contributed by atoms with Crippen molar-refractivity contribution in [2.75, 3.05) is 89.6 Å². The Hall–Kier alpha value is -4.28. The number of likely N-dealkylation sites (tertiary alicyclic amines) is 4. The van der Waals surface area contributed by atoms with Gasteiger partial charge in [0.2, 0.25) is 0 Å². The molecule has 7 rings (SSSR count). The van der Waals surface area contributed by atoms with Gasteiger partial charge in [0.1, 0.15) is 0 Å². The fourth-order valence-corrected chi connectivity index (χ4v) is 10.4. The quantitative estimate of drug-likeness (QED) is 0.120. The van der Waals surface area contributed by atoms with E-state index in [2.05, 4.69) is 15.1 Å². The first-order chi connectivity index (χ1) is 30.3. The van der Waals surface area contributed by atoms with Crippen molar-refractivity contribution in [1.82, 2.24) is 24.5 Å². The van der Waals surface area contributed by atoms with Gasteiger partial charge in [-0.05, 0) is 132 Å². The van der Waals surface area contributed by atoms with Crippen molar-refractivity contribution >= 4 is 47.0 Å². The van der Waals surface area contributed by atoms with Gasteiger partial charge >= 0.3 is 24.3 Å². The Morgan fingerprint density at radius 2 is 1.48 bits per heavy atom. The van der Waals surface area contributed by atoms with Crippen LogP contribution in [0.3, 0.4) is 0 Å². The highest BCUT2D eigenvalue weighted by Crippen LogP contribution is 2.39. The maximum Gasteiger partial charge on any atom is 0.418 e.